The minimum Gasteiger partial charge on any atom is -0.496 e. The summed E-state index contributed by atoms with van der Waals surface area (Å²) in [6.45, 7) is 9.06. The Morgan fingerprint density at radius 1 is 1.10 bits per heavy atom. The van der Waals surface area contributed by atoms with E-state index in [0.717, 1.165) is 23.0 Å². The predicted octanol–water partition coefficient (Wildman–Crippen LogP) is 5.18. The van der Waals surface area contributed by atoms with Gasteiger partial charge in [-0.2, -0.15) is 0 Å². The highest BCUT2D eigenvalue weighted by Crippen LogP contribution is 2.40. The minimum atomic E-state index is -3.92. The summed E-state index contributed by atoms with van der Waals surface area (Å²) in [5, 5.41) is 0.209. The number of methoxy groups -OCH3 is 1. The summed E-state index contributed by atoms with van der Waals surface area (Å²) >= 11 is 1.19. The van der Waals surface area contributed by atoms with Crippen molar-refractivity contribution in [1.29, 1.82) is 0 Å². The summed E-state index contributed by atoms with van der Waals surface area (Å²) in [5.74, 6) is -0.753. The molecule has 2 bridgehead atoms. The molecule has 6 rings (SSSR count). The fourth-order valence-corrected chi connectivity index (χ4v) is 9.07. The molecule has 2 aliphatic heterocycles. The fraction of sp³-hybridized carbons (Fsp3) is 0.543. The molecule has 2 fully saturated rings. The normalized spacial score (nSPS) is 20.5. The van der Waals surface area contributed by atoms with Gasteiger partial charge in [0, 0.05) is 5.56 Å². The Morgan fingerprint density at radius 3 is 2.39 bits per heavy atom. The highest BCUT2D eigenvalue weighted by Gasteiger charge is 2.41. The van der Waals surface area contributed by atoms with Crippen molar-refractivity contribution in [2.24, 2.45) is 0 Å². The number of aromatic nitrogens is 3. The van der Waals surface area contributed by atoms with Crippen LogP contribution in [-0.4, -0.2) is 64.2 Å². The third-order valence-corrected chi connectivity index (χ3v) is 13.6. The highest BCUT2D eigenvalue weighted by atomic mass is 32.2. The van der Waals surface area contributed by atoms with E-state index >= 15 is 0 Å². The number of Topliss-reactive ketones (excluding diaryl/α,β-unsaturated/α-hetero) is 1. The fourth-order valence-electron chi connectivity index (χ4n) is 6.70. The molecule has 12 nitrogen and oxygen atoms in total. The molecule has 5 heterocycles. The zero-order chi connectivity index (χ0) is 35.5. The summed E-state index contributed by atoms with van der Waals surface area (Å²) in [5.41, 5.74) is -2.05. The third kappa shape index (κ3) is 6.44. The van der Waals surface area contributed by atoms with Gasteiger partial charge in [0.05, 0.1) is 53.2 Å². The SMILES string of the molecule is COc1ccccc1[C@H](Cn1c(=O)n(C(C)(C)C(=O)CS(=O)(=O)C(C)(C)C)c(=O)c2c(C)c(-c3ncco3)sc21)OC1C[C@H]2CC[C@@H](C1)O2. The second-order valence-electron chi connectivity index (χ2n) is 14.4. The number of carbonyl (C=O) groups is 1. The number of ether oxygens (including phenoxy) is 3. The van der Waals surface area contributed by atoms with Gasteiger partial charge in [0.15, 0.2) is 15.6 Å². The quantitative estimate of drug-likeness (QED) is 0.204. The van der Waals surface area contributed by atoms with Crippen molar-refractivity contribution < 1.29 is 31.8 Å². The molecule has 0 saturated carbocycles. The molecule has 0 aliphatic carbocycles. The largest absolute Gasteiger partial charge is 0.496 e. The first kappa shape index (κ1) is 35.2. The van der Waals surface area contributed by atoms with E-state index in [1.807, 2.05) is 24.3 Å². The van der Waals surface area contributed by atoms with Gasteiger partial charge in [-0.25, -0.2) is 22.8 Å². The van der Waals surface area contributed by atoms with Crippen molar-refractivity contribution in [3.63, 3.8) is 0 Å². The van der Waals surface area contributed by atoms with Gasteiger partial charge in [-0.1, -0.05) is 18.2 Å². The lowest BCUT2D eigenvalue weighted by atomic mass is 9.99. The van der Waals surface area contributed by atoms with E-state index in [4.69, 9.17) is 18.6 Å². The second kappa shape index (κ2) is 12.9. The molecule has 1 unspecified atom stereocenters. The summed E-state index contributed by atoms with van der Waals surface area (Å²) in [6, 6.07) is 7.43. The van der Waals surface area contributed by atoms with Crippen LogP contribution in [-0.2, 0) is 36.2 Å². The number of oxazole rings is 1. The van der Waals surface area contributed by atoms with Crippen LogP contribution in [0.2, 0.25) is 0 Å². The Hall–Kier alpha value is -3.59. The number of fused-ring (bicyclic) bond motifs is 3. The molecule has 0 spiro atoms. The van der Waals surface area contributed by atoms with Gasteiger partial charge in [-0.15, -0.1) is 11.3 Å². The number of thiophene rings is 1. The van der Waals surface area contributed by atoms with Crippen LogP contribution in [0.3, 0.4) is 0 Å². The number of rotatable bonds is 11. The van der Waals surface area contributed by atoms with E-state index < -0.39 is 49.0 Å². The Bertz CT molecular complexity index is 2090. The molecule has 4 aromatic rings. The van der Waals surface area contributed by atoms with Crippen molar-refractivity contribution in [2.75, 3.05) is 12.9 Å². The molecule has 49 heavy (non-hydrogen) atoms. The number of hydrogen-bond acceptors (Lipinski definition) is 11. The minimum absolute atomic E-state index is 0.0295. The van der Waals surface area contributed by atoms with Crippen LogP contribution in [0.5, 0.6) is 5.75 Å². The van der Waals surface area contributed by atoms with Crippen LogP contribution in [0.4, 0.5) is 0 Å². The summed E-state index contributed by atoms with van der Waals surface area (Å²) in [7, 11) is -2.35. The molecule has 2 saturated heterocycles. The molecule has 3 aromatic heterocycles. The average molecular weight is 714 g/mol. The Balaban J connectivity index is 1.54. The molecule has 264 valence electrons. The van der Waals surface area contributed by atoms with Crippen LogP contribution in [0, 0.1) is 6.92 Å². The maximum Gasteiger partial charge on any atom is 0.333 e. The van der Waals surface area contributed by atoms with Crippen LogP contribution < -0.4 is 16.0 Å². The zero-order valence-corrected chi connectivity index (χ0v) is 30.5. The maximum absolute atomic E-state index is 14.7. The van der Waals surface area contributed by atoms with Crippen LogP contribution in [0.15, 0.2) is 50.7 Å². The van der Waals surface area contributed by atoms with Crippen LogP contribution in [0.1, 0.15) is 77.5 Å². The van der Waals surface area contributed by atoms with Crippen molar-refractivity contribution in [1.82, 2.24) is 14.1 Å². The number of ketones is 1. The van der Waals surface area contributed by atoms with Gasteiger partial charge in [0.2, 0.25) is 5.89 Å². The maximum atomic E-state index is 14.7. The standard InChI is InChI=1S/C35H43N3O9S2/c1-20-28-31(40)38(35(5,6)27(39)19-49(42,43)34(2,3)4)33(41)37(32(28)48-29(20)30-36-14-15-45-30)18-26(24-10-8-9-11-25(24)44-7)47-23-16-21-12-13-22(17-23)46-21/h8-11,14-15,21-23,26H,12-13,16-19H2,1-7H3/t21-,22+,23?,26-/m0/s1. The molecule has 4 atom stereocenters. The van der Waals surface area contributed by atoms with E-state index in [2.05, 4.69) is 4.98 Å². The first-order valence-electron chi connectivity index (χ1n) is 16.4. The number of aryl methyl sites for hydroxylation is 1. The van der Waals surface area contributed by atoms with Gasteiger partial charge in [0.25, 0.3) is 5.56 Å². The van der Waals surface area contributed by atoms with E-state index in [0.29, 0.717) is 33.9 Å². The first-order chi connectivity index (χ1) is 23.0. The molecule has 2 aliphatic rings. The van der Waals surface area contributed by atoms with Crippen LogP contribution >= 0.6 is 11.3 Å². The lowest BCUT2D eigenvalue weighted by Crippen LogP contribution is -2.54. The van der Waals surface area contributed by atoms with E-state index in [-0.39, 0.29) is 36.1 Å². The number of hydrogen-bond donors (Lipinski definition) is 0. The summed E-state index contributed by atoms with van der Waals surface area (Å²) < 4.78 is 51.6. The number of nitrogens with zero attached hydrogens (tertiary/aromatic N) is 3. The van der Waals surface area contributed by atoms with Gasteiger partial charge >= 0.3 is 5.69 Å². The lowest BCUT2D eigenvalue weighted by molar-refractivity contribution is -0.123. The third-order valence-electron chi connectivity index (χ3n) is 9.77. The summed E-state index contributed by atoms with van der Waals surface area (Å²) in [6.07, 6.45) is 5.66. The number of benzene rings is 1. The van der Waals surface area contributed by atoms with Crippen molar-refractivity contribution >= 4 is 37.2 Å². The molecule has 0 N–H and O–H groups in total. The topological polar surface area (TPSA) is 149 Å². The molecular formula is C35H43N3O9S2. The van der Waals surface area contributed by atoms with Crippen molar-refractivity contribution in [3.05, 3.63) is 68.7 Å². The van der Waals surface area contributed by atoms with E-state index in [1.165, 1.54) is 63.0 Å². The van der Waals surface area contributed by atoms with Gasteiger partial charge in [-0.05, 0) is 78.9 Å². The average Bonchev–Trinajstić information content (AvgIpc) is 3.77. The zero-order valence-electron chi connectivity index (χ0n) is 28.8. The van der Waals surface area contributed by atoms with Crippen molar-refractivity contribution in [2.45, 2.75) is 108 Å². The Kier molecular flexibility index (Phi) is 9.31. The lowest BCUT2D eigenvalue weighted by Gasteiger charge is -2.33. The number of para-hydroxylation sites is 1. The molecule has 14 heteroatoms. The van der Waals surface area contributed by atoms with Gasteiger partial charge < -0.3 is 18.6 Å². The van der Waals surface area contributed by atoms with Crippen molar-refractivity contribution in [3.8, 4) is 16.5 Å². The van der Waals surface area contributed by atoms with Gasteiger partial charge in [0.1, 0.15) is 34.2 Å². The van der Waals surface area contributed by atoms with Crippen LogP contribution in [0.25, 0.3) is 21.0 Å². The van der Waals surface area contributed by atoms with E-state index in [1.54, 1.807) is 14.0 Å². The van der Waals surface area contributed by atoms with Gasteiger partial charge in [-0.3, -0.25) is 14.2 Å². The van der Waals surface area contributed by atoms with E-state index in [9.17, 15) is 22.8 Å². The molecule has 1 aromatic carbocycles. The first-order valence-corrected chi connectivity index (χ1v) is 18.9. The smallest absolute Gasteiger partial charge is 0.333 e. The number of carbonyl (C=O) groups excluding carboxylic acids is 1. The monoisotopic (exact) mass is 713 g/mol. The molecule has 0 amide bonds. The predicted molar refractivity (Wildman–Crippen MR) is 186 cm³/mol. The second-order valence-corrected chi connectivity index (χ2v) is 18.1. The Labute approximate surface area is 288 Å². The molecular weight excluding hydrogens is 671 g/mol. The highest BCUT2D eigenvalue weighted by molar-refractivity contribution is 7.93. The summed E-state index contributed by atoms with van der Waals surface area (Å²) in [4.78, 5) is 48.2. The number of sulfone groups is 1. The molecule has 0 radical (unpaired) electrons. The Morgan fingerprint density at radius 2 is 1.78 bits per heavy atom.